The summed E-state index contributed by atoms with van der Waals surface area (Å²) in [6.07, 6.45) is 1.57. The summed E-state index contributed by atoms with van der Waals surface area (Å²) in [6, 6.07) is 5.76. The summed E-state index contributed by atoms with van der Waals surface area (Å²) in [7, 11) is 7.16. The van der Waals surface area contributed by atoms with Crippen LogP contribution in [0.4, 0.5) is 4.79 Å². The second kappa shape index (κ2) is 8.58. The van der Waals surface area contributed by atoms with Crippen LogP contribution in [0.3, 0.4) is 0 Å². The Balaban J connectivity index is 2.49. The molecule has 0 aromatic heterocycles. The molecule has 1 aliphatic heterocycles. The van der Waals surface area contributed by atoms with Crippen LogP contribution in [0.25, 0.3) is 0 Å². The molecule has 1 aliphatic rings. The fourth-order valence-electron chi connectivity index (χ4n) is 2.91. The van der Waals surface area contributed by atoms with Gasteiger partial charge in [-0.15, -0.1) is 0 Å². The standard InChI is InChI=1S/C18H27N3O3S/c1-7-15-17(12-9-10-13(23-5)14(11-12)24-6)19-21(18(22)25-15)16(8-2)20(3)4/h9-11,15-16H,7-8H2,1-6H3. The molecule has 1 heterocycles. The summed E-state index contributed by atoms with van der Waals surface area (Å²) in [5.74, 6) is 1.33. The maximum absolute atomic E-state index is 12.6. The van der Waals surface area contributed by atoms with Crippen molar-refractivity contribution in [3.8, 4) is 11.5 Å². The highest BCUT2D eigenvalue weighted by molar-refractivity contribution is 8.14. The van der Waals surface area contributed by atoms with Gasteiger partial charge in [-0.1, -0.05) is 25.6 Å². The zero-order valence-electron chi connectivity index (χ0n) is 15.8. The van der Waals surface area contributed by atoms with Crippen molar-refractivity contribution in [1.29, 1.82) is 0 Å². The van der Waals surface area contributed by atoms with Crippen LogP contribution in [-0.4, -0.2) is 60.6 Å². The molecule has 0 fully saturated rings. The van der Waals surface area contributed by atoms with Crippen LogP contribution in [-0.2, 0) is 0 Å². The quantitative estimate of drug-likeness (QED) is 0.738. The van der Waals surface area contributed by atoms with E-state index in [2.05, 4.69) is 13.8 Å². The highest BCUT2D eigenvalue weighted by Crippen LogP contribution is 2.34. The molecule has 0 bridgehead atoms. The van der Waals surface area contributed by atoms with Crippen molar-refractivity contribution in [2.24, 2.45) is 5.10 Å². The van der Waals surface area contributed by atoms with Crippen molar-refractivity contribution in [3.63, 3.8) is 0 Å². The summed E-state index contributed by atoms with van der Waals surface area (Å²) in [6.45, 7) is 4.13. The molecular formula is C18H27N3O3S. The van der Waals surface area contributed by atoms with E-state index >= 15 is 0 Å². The lowest BCUT2D eigenvalue weighted by Crippen LogP contribution is -2.47. The largest absolute Gasteiger partial charge is 0.493 e. The molecule has 2 atom stereocenters. The van der Waals surface area contributed by atoms with Crippen LogP contribution in [0.5, 0.6) is 11.5 Å². The SMILES string of the molecule is CCC1SC(=O)N(C(CC)N(C)C)N=C1c1ccc(OC)c(OC)c1. The van der Waals surface area contributed by atoms with Gasteiger partial charge < -0.3 is 9.47 Å². The third kappa shape index (κ3) is 4.10. The van der Waals surface area contributed by atoms with Crippen molar-refractivity contribution < 1.29 is 14.3 Å². The Morgan fingerprint density at radius 3 is 2.44 bits per heavy atom. The Hall–Kier alpha value is -1.73. The maximum Gasteiger partial charge on any atom is 0.303 e. The van der Waals surface area contributed by atoms with E-state index in [1.165, 1.54) is 11.8 Å². The Bertz CT molecular complexity index is 648. The lowest BCUT2D eigenvalue weighted by atomic mass is 10.0. The van der Waals surface area contributed by atoms with Gasteiger partial charge >= 0.3 is 5.24 Å². The van der Waals surface area contributed by atoms with Gasteiger partial charge in [0, 0.05) is 5.56 Å². The summed E-state index contributed by atoms with van der Waals surface area (Å²) in [5.41, 5.74) is 1.84. The van der Waals surface area contributed by atoms with Gasteiger partial charge in [0.05, 0.1) is 25.2 Å². The van der Waals surface area contributed by atoms with Crippen molar-refractivity contribution >= 4 is 22.7 Å². The topological polar surface area (TPSA) is 54.4 Å². The number of rotatable bonds is 7. The number of nitrogens with zero attached hydrogens (tertiary/aromatic N) is 3. The summed E-state index contributed by atoms with van der Waals surface area (Å²) < 4.78 is 10.7. The van der Waals surface area contributed by atoms with E-state index in [-0.39, 0.29) is 16.7 Å². The first kappa shape index (κ1) is 19.6. The minimum atomic E-state index is -0.0621. The van der Waals surface area contributed by atoms with Gasteiger partial charge in [-0.3, -0.25) is 9.69 Å². The number of carbonyl (C=O) groups excluding carboxylic acids is 1. The molecule has 2 rings (SSSR count). The summed E-state index contributed by atoms with van der Waals surface area (Å²) in [4.78, 5) is 14.6. The fourth-order valence-corrected chi connectivity index (χ4v) is 3.89. The molecule has 1 amide bonds. The van der Waals surface area contributed by atoms with Crippen LogP contribution in [0.2, 0.25) is 0 Å². The van der Waals surface area contributed by atoms with Gasteiger partial charge in [0.15, 0.2) is 11.5 Å². The smallest absolute Gasteiger partial charge is 0.303 e. The number of carbonyl (C=O) groups is 1. The van der Waals surface area contributed by atoms with Gasteiger partial charge in [0.25, 0.3) is 0 Å². The molecule has 7 heteroatoms. The minimum absolute atomic E-state index is 0.00312. The Morgan fingerprint density at radius 1 is 1.24 bits per heavy atom. The van der Waals surface area contributed by atoms with Gasteiger partial charge in [-0.2, -0.15) is 5.10 Å². The third-order valence-corrected chi connectivity index (χ3v) is 5.47. The normalized spacial score (nSPS) is 19.0. The number of benzene rings is 1. The van der Waals surface area contributed by atoms with Crippen molar-refractivity contribution in [2.75, 3.05) is 28.3 Å². The molecule has 138 valence electrons. The molecule has 0 N–H and O–H groups in total. The molecule has 0 aliphatic carbocycles. The zero-order valence-corrected chi connectivity index (χ0v) is 16.6. The van der Waals surface area contributed by atoms with E-state index in [0.29, 0.717) is 11.5 Å². The average molecular weight is 365 g/mol. The predicted molar refractivity (Wildman–Crippen MR) is 103 cm³/mol. The van der Waals surface area contributed by atoms with E-state index in [9.17, 15) is 4.79 Å². The second-order valence-corrected chi connectivity index (χ2v) is 7.19. The average Bonchev–Trinajstić information content (AvgIpc) is 2.62. The Kier molecular flexibility index (Phi) is 6.72. The molecule has 1 aromatic rings. The van der Waals surface area contributed by atoms with Crippen molar-refractivity contribution in [2.45, 2.75) is 38.1 Å². The highest BCUT2D eigenvalue weighted by Gasteiger charge is 2.34. The number of ether oxygens (including phenoxy) is 2. The molecule has 25 heavy (non-hydrogen) atoms. The van der Waals surface area contributed by atoms with Crippen LogP contribution in [0.1, 0.15) is 32.3 Å². The first-order valence-corrected chi connectivity index (χ1v) is 9.31. The molecule has 0 spiro atoms. The second-order valence-electron chi connectivity index (χ2n) is 6.03. The predicted octanol–water partition coefficient (Wildman–Crippen LogP) is 3.65. The van der Waals surface area contributed by atoms with Crippen LogP contribution < -0.4 is 9.47 Å². The number of methoxy groups -OCH3 is 2. The highest BCUT2D eigenvalue weighted by atomic mass is 32.2. The van der Waals surface area contributed by atoms with Gasteiger partial charge in [0.1, 0.15) is 6.17 Å². The van der Waals surface area contributed by atoms with E-state index in [4.69, 9.17) is 14.6 Å². The number of thioether (sulfide) groups is 1. The molecule has 0 saturated heterocycles. The monoisotopic (exact) mass is 365 g/mol. The zero-order chi connectivity index (χ0) is 18.6. The number of hydrazone groups is 1. The molecule has 0 radical (unpaired) electrons. The first-order chi connectivity index (χ1) is 12.0. The van der Waals surface area contributed by atoms with Crippen molar-refractivity contribution in [1.82, 2.24) is 9.91 Å². The number of hydrogen-bond donors (Lipinski definition) is 0. The summed E-state index contributed by atoms with van der Waals surface area (Å²) in [5, 5.41) is 6.38. The van der Waals surface area contributed by atoms with Gasteiger partial charge in [-0.25, -0.2) is 5.01 Å². The van der Waals surface area contributed by atoms with Crippen LogP contribution >= 0.6 is 11.8 Å². The first-order valence-electron chi connectivity index (χ1n) is 8.43. The molecule has 2 unspecified atom stereocenters. The maximum atomic E-state index is 12.6. The number of hydrogen-bond acceptors (Lipinski definition) is 6. The van der Waals surface area contributed by atoms with E-state index in [1.807, 2.05) is 37.2 Å². The van der Waals surface area contributed by atoms with Crippen LogP contribution in [0.15, 0.2) is 23.3 Å². The summed E-state index contributed by atoms with van der Waals surface area (Å²) >= 11 is 1.34. The van der Waals surface area contributed by atoms with Gasteiger partial charge in [-0.05, 0) is 45.1 Å². The minimum Gasteiger partial charge on any atom is -0.493 e. The fraction of sp³-hybridized carbons (Fsp3) is 0.556. The van der Waals surface area contributed by atoms with Crippen molar-refractivity contribution in [3.05, 3.63) is 23.8 Å². The van der Waals surface area contributed by atoms with Crippen LogP contribution in [0, 0.1) is 0 Å². The lowest BCUT2D eigenvalue weighted by Gasteiger charge is -2.36. The Labute approximate surface area is 154 Å². The number of amides is 1. The molecule has 6 nitrogen and oxygen atoms in total. The third-order valence-electron chi connectivity index (χ3n) is 4.24. The molecular weight excluding hydrogens is 338 g/mol. The molecule has 0 saturated carbocycles. The van der Waals surface area contributed by atoms with Gasteiger partial charge in [0.2, 0.25) is 0 Å². The van der Waals surface area contributed by atoms with E-state index in [0.717, 1.165) is 24.1 Å². The van der Waals surface area contributed by atoms with E-state index < -0.39 is 0 Å². The molecule has 1 aromatic carbocycles. The lowest BCUT2D eigenvalue weighted by molar-refractivity contribution is 0.114. The Morgan fingerprint density at radius 2 is 1.92 bits per heavy atom. The van der Waals surface area contributed by atoms with E-state index in [1.54, 1.807) is 19.2 Å².